The number of amides is 2. The highest BCUT2D eigenvalue weighted by atomic mass is 19.4. The van der Waals surface area contributed by atoms with E-state index in [0.29, 0.717) is 18.7 Å². The number of hydrogen-bond acceptors (Lipinski definition) is 8. The van der Waals surface area contributed by atoms with E-state index in [-0.39, 0.29) is 11.9 Å². The lowest BCUT2D eigenvalue weighted by Crippen LogP contribution is -2.54. The highest BCUT2D eigenvalue weighted by Gasteiger charge is 2.44. The van der Waals surface area contributed by atoms with Crippen molar-refractivity contribution in [2.24, 2.45) is 5.73 Å². The molecule has 0 radical (unpaired) electrons. The summed E-state index contributed by atoms with van der Waals surface area (Å²) in [5.41, 5.74) is 4.62. The minimum atomic E-state index is -5.08. The molecule has 0 spiro atoms. The number of rotatable bonds is 10. The lowest BCUT2D eigenvalue weighted by atomic mass is 9.82. The number of nitrogens with two attached hydrogens (primary N) is 1. The first-order valence-electron chi connectivity index (χ1n) is 13.9. The van der Waals surface area contributed by atoms with Crippen LogP contribution in [0.4, 0.5) is 32.2 Å². The normalized spacial score (nSPS) is 16.6. The van der Waals surface area contributed by atoms with Gasteiger partial charge in [0.05, 0.1) is 11.9 Å². The Bertz CT molecular complexity index is 1330. The first-order valence-corrected chi connectivity index (χ1v) is 13.9. The standard InChI is InChI=1S/C24H34N6O3.2C2HF3O2/c1-4-9-18(28-22(33)23(2,3)25)21(32)29-20-14-30(16-27-20)24(15-31,19-12-8-13-26-19)17-10-6-5-7-11-17;2*3-2(4,5)1(6)7/h5-7,10-11,14-16,18-19,26H,4,8-9,12-13,25H2,1-3H3,(H,28,33)(H,29,32);2*(H,6,7)/t18-,19?,24?;;/m1../s1. The topological polar surface area (TPSA) is 206 Å². The molecule has 2 heterocycles. The number of carbonyl (C=O) groups is 5. The van der Waals surface area contributed by atoms with Gasteiger partial charge in [-0.2, -0.15) is 26.3 Å². The van der Waals surface area contributed by atoms with Crippen molar-refractivity contribution in [3.05, 3.63) is 48.4 Å². The Balaban J connectivity index is 0.000000658. The lowest BCUT2D eigenvalue weighted by molar-refractivity contribution is -0.193. The van der Waals surface area contributed by atoms with Crippen LogP contribution in [0.3, 0.4) is 0 Å². The van der Waals surface area contributed by atoms with Crippen LogP contribution in [0.1, 0.15) is 52.0 Å². The molecule has 2 aromatic rings. The third-order valence-corrected chi connectivity index (χ3v) is 6.54. The van der Waals surface area contributed by atoms with E-state index < -0.39 is 47.3 Å². The molecule has 1 aromatic heterocycles. The SMILES string of the molecule is CCC[C@@H](NC(=O)C(C)(C)N)C(=O)Nc1cn(C(C=O)(c2ccccc2)C2CCCN2)cn1.O=C(O)C(F)(F)F.O=C(O)C(F)(F)F. The van der Waals surface area contributed by atoms with Crippen LogP contribution in [0.15, 0.2) is 42.9 Å². The van der Waals surface area contributed by atoms with Crippen LogP contribution in [0.5, 0.6) is 0 Å². The molecule has 262 valence electrons. The fraction of sp³-hybridized carbons (Fsp3) is 0.500. The molecule has 0 bridgehead atoms. The van der Waals surface area contributed by atoms with Gasteiger partial charge in [-0.15, -0.1) is 0 Å². The van der Waals surface area contributed by atoms with Gasteiger partial charge in [-0.05, 0) is 45.2 Å². The zero-order valence-electron chi connectivity index (χ0n) is 25.5. The molecule has 1 aliphatic heterocycles. The second-order valence-electron chi connectivity index (χ2n) is 10.8. The number of halogens is 6. The van der Waals surface area contributed by atoms with E-state index in [1.54, 1.807) is 30.9 Å². The van der Waals surface area contributed by atoms with E-state index in [2.05, 4.69) is 20.9 Å². The highest BCUT2D eigenvalue weighted by molar-refractivity contribution is 5.97. The maximum atomic E-state index is 12.9. The van der Waals surface area contributed by atoms with Crippen LogP contribution < -0.4 is 21.7 Å². The number of aldehydes is 1. The van der Waals surface area contributed by atoms with Crippen LogP contribution >= 0.6 is 0 Å². The number of carboxylic acid groups (broad SMARTS) is 2. The van der Waals surface area contributed by atoms with Crippen molar-refractivity contribution in [2.45, 2.75) is 82.0 Å². The smallest absolute Gasteiger partial charge is 0.475 e. The van der Waals surface area contributed by atoms with Gasteiger partial charge < -0.3 is 41.3 Å². The summed E-state index contributed by atoms with van der Waals surface area (Å²) >= 11 is 0. The summed E-state index contributed by atoms with van der Waals surface area (Å²) in [7, 11) is 0. The summed E-state index contributed by atoms with van der Waals surface area (Å²) < 4.78 is 65.2. The number of carbonyl (C=O) groups excluding carboxylic acids is 3. The number of nitrogens with zero attached hydrogens (tertiary/aromatic N) is 2. The number of nitrogens with one attached hydrogen (secondary N) is 3. The van der Waals surface area contributed by atoms with Gasteiger partial charge >= 0.3 is 24.3 Å². The first-order chi connectivity index (χ1) is 21.6. The summed E-state index contributed by atoms with van der Waals surface area (Å²) in [4.78, 5) is 60.0. The number of alkyl halides is 6. The van der Waals surface area contributed by atoms with Gasteiger partial charge in [0.15, 0.2) is 12.1 Å². The molecular weight excluding hydrogens is 646 g/mol. The van der Waals surface area contributed by atoms with E-state index in [1.807, 2.05) is 37.3 Å². The number of hydrogen-bond donors (Lipinski definition) is 6. The third-order valence-electron chi connectivity index (χ3n) is 6.54. The average molecular weight is 683 g/mol. The van der Waals surface area contributed by atoms with Gasteiger partial charge in [0.25, 0.3) is 0 Å². The van der Waals surface area contributed by atoms with Crippen molar-refractivity contribution in [2.75, 3.05) is 11.9 Å². The summed E-state index contributed by atoms with van der Waals surface area (Å²) in [6, 6.07) is 8.72. The number of aromatic nitrogens is 2. The van der Waals surface area contributed by atoms with Crippen molar-refractivity contribution in [3.8, 4) is 0 Å². The monoisotopic (exact) mass is 682 g/mol. The molecule has 1 fully saturated rings. The number of aliphatic carboxylic acids is 2. The Kier molecular flexibility index (Phi) is 14.5. The van der Waals surface area contributed by atoms with Crippen LogP contribution in [-0.2, 0) is 29.5 Å². The molecule has 19 heteroatoms. The van der Waals surface area contributed by atoms with E-state index in [9.17, 15) is 40.7 Å². The average Bonchev–Trinajstić information content (AvgIpc) is 3.67. The molecule has 2 unspecified atom stereocenters. The van der Waals surface area contributed by atoms with Crippen molar-refractivity contribution in [1.29, 1.82) is 0 Å². The summed E-state index contributed by atoms with van der Waals surface area (Å²) in [6.45, 7) is 5.94. The Morgan fingerprint density at radius 3 is 2.00 bits per heavy atom. The van der Waals surface area contributed by atoms with Crippen LogP contribution in [0.25, 0.3) is 0 Å². The van der Waals surface area contributed by atoms with E-state index >= 15 is 0 Å². The molecular formula is C28H36F6N6O7. The fourth-order valence-corrected chi connectivity index (χ4v) is 4.21. The van der Waals surface area contributed by atoms with E-state index in [1.165, 1.54) is 0 Å². The Hall–Kier alpha value is -4.52. The molecule has 1 aromatic carbocycles. The molecule has 1 aliphatic rings. The molecule has 47 heavy (non-hydrogen) atoms. The molecule has 1 saturated heterocycles. The predicted octanol–water partition coefficient (Wildman–Crippen LogP) is 2.80. The molecule has 7 N–H and O–H groups in total. The Morgan fingerprint density at radius 2 is 1.60 bits per heavy atom. The molecule has 13 nitrogen and oxygen atoms in total. The van der Waals surface area contributed by atoms with Crippen LogP contribution in [0.2, 0.25) is 0 Å². The Labute approximate surface area is 264 Å². The number of imidazole rings is 1. The van der Waals surface area contributed by atoms with E-state index in [0.717, 1.165) is 31.2 Å². The predicted molar refractivity (Wildman–Crippen MR) is 154 cm³/mol. The fourth-order valence-electron chi connectivity index (χ4n) is 4.21. The van der Waals surface area contributed by atoms with Crippen LogP contribution in [0, 0.1) is 0 Å². The summed E-state index contributed by atoms with van der Waals surface area (Å²) in [5.74, 6) is -5.99. The summed E-state index contributed by atoms with van der Waals surface area (Å²) in [5, 5.41) is 23.2. The van der Waals surface area contributed by atoms with E-state index in [4.69, 9.17) is 25.5 Å². The number of benzene rings is 1. The zero-order chi connectivity index (χ0) is 36.2. The lowest BCUT2D eigenvalue weighted by Gasteiger charge is -2.36. The second kappa shape index (κ2) is 16.9. The second-order valence-corrected chi connectivity index (χ2v) is 10.8. The maximum Gasteiger partial charge on any atom is 0.490 e. The zero-order valence-corrected chi connectivity index (χ0v) is 25.5. The minimum absolute atomic E-state index is 0.103. The summed E-state index contributed by atoms with van der Waals surface area (Å²) in [6.07, 6.45) is -3.02. The molecule has 0 aliphatic carbocycles. The quantitative estimate of drug-likeness (QED) is 0.160. The third kappa shape index (κ3) is 12.0. The van der Waals surface area contributed by atoms with Gasteiger partial charge in [0.2, 0.25) is 11.8 Å². The molecule has 2 amide bonds. The number of anilines is 1. The van der Waals surface area contributed by atoms with Crippen molar-refractivity contribution in [1.82, 2.24) is 20.2 Å². The van der Waals surface area contributed by atoms with Gasteiger partial charge in [0, 0.05) is 12.2 Å². The van der Waals surface area contributed by atoms with Crippen molar-refractivity contribution < 1.29 is 60.5 Å². The minimum Gasteiger partial charge on any atom is -0.475 e. The van der Waals surface area contributed by atoms with Crippen molar-refractivity contribution in [3.63, 3.8) is 0 Å². The maximum absolute atomic E-state index is 12.9. The highest BCUT2D eigenvalue weighted by Crippen LogP contribution is 2.33. The number of carboxylic acids is 2. The van der Waals surface area contributed by atoms with Crippen LogP contribution in [-0.4, -0.2) is 86.3 Å². The Morgan fingerprint density at radius 1 is 1.06 bits per heavy atom. The van der Waals surface area contributed by atoms with Gasteiger partial charge in [-0.1, -0.05) is 43.7 Å². The van der Waals surface area contributed by atoms with Gasteiger partial charge in [0.1, 0.15) is 11.6 Å². The molecule has 0 saturated carbocycles. The largest absolute Gasteiger partial charge is 0.490 e. The van der Waals surface area contributed by atoms with Crippen molar-refractivity contribution >= 4 is 35.9 Å². The first kappa shape index (κ1) is 40.5. The molecule has 3 atom stereocenters. The molecule has 3 rings (SSSR count). The van der Waals surface area contributed by atoms with Gasteiger partial charge in [-0.3, -0.25) is 9.59 Å². The van der Waals surface area contributed by atoms with Gasteiger partial charge in [-0.25, -0.2) is 14.6 Å².